The van der Waals surface area contributed by atoms with E-state index in [-0.39, 0.29) is 11.7 Å². The summed E-state index contributed by atoms with van der Waals surface area (Å²) in [5, 5.41) is 11.4. The zero-order valence-electron chi connectivity index (χ0n) is 11.9. The average Bonchev–Trinajstić information content (AvgIpc) is 2.34. The van der Waals surface area contributed by atoms with Crippen LogP contribution in [0.3, 0.4) is 0 Å². The van der Waals surface area contributed by atoms with E-state index < -0.39 is 5.60 Å². The maximum atomic E-state index is 11.6. The van der Waals surface area contributed by atoms with Gasteiger partial charge in [-0.3, -0.25) is 0 Å². The predicted octanol–water partition coefficient (Wildman–Crippen LogP) is 3.90. The fourth-order valence-electron chi connectivity index (χ4n) is 1.86. The lowest BCUT2D eigenvalue weighted by molar-refractivity contribution is -0.148. The smallest absolute Gasteiger partial charge is 0.331 e. The van der Waals surface area contributed by atoms with Gasteiger partial charge in [0.2, 0.25) is 0 Å². The van der Waals surface area contributed by atoms with E-state index in [4.69, 9.17) is 4.74 Å². The number of phenolic OH excluding ortho intramolecular Hbond substituents is 1. The largest absolute Gasteiger partial charge is 0.508 e. The molecule has 0 aliphatic carbocycles. The predicted molar refractivity (Wildman–Crippen MR) is 80.5 cm³/mol. The van der Waals surface area contributed by atoms with Gasteiger partial charge < -0.3 is 9.84 Å². The summed E-state index contributed by atoms with van der Waals surface area (Å²) in [5.41, 5.74) is 0.427. The topological polar surface area (TPSA) is 46.5 Å². The Bertz CT molecular complexity index is 663. The van der Waals surface area contributed by atoms with Gasteiger partial charge in [0, 0.05) is 6.08 Å². The minimum atomic E-state index is -0.484. The van der Waals surface area contributed by atoms with Crippen LogP contribution < -0.4 is 0 Å². The van der Waals surface area contributed by atoms with Crippen molar-refractivity contribution in [2.45, 2.75) is 26.4 Å². The van der Waals surface area contributed by atoms with Crippen molar-refractivity contribution in [1.29, 1.82) is 0 Å². The van der Waals surface area contributed by atoms with Crippen LogP contribution in [-0.2, 0) is 9.53 Å². The first-order valence-electron chi connectivity index (χ1n) is 6.47. The van der Waals surface area contributed by atoms with E-state index in [0.29, 0.717) is 0 Å². The SMILES string of the molecule is CC(C)(C)OC(=O)/C=C/c1ccc2cc(O)ccc2c1. The fourth-order valence-corrected chi connectivity index (χ4v) is 1.86. The number of benzene rings is 2. The molecule has 0 bridgehead atoms. The minimum absolute atomic E-state index is 0.245. The first-order valence-corrected chi connectivity index (χ1v) is 6.47. The summed E-state index contributed by atoms with van der Waals surface area (Å²) in [7, 11) is 0. The van der Waals surface area contributed by atoms with E-state index in [2.05, 4.69) is 0 Å². The molecule has 0 unspecified atom stereocenters. The molecule has 20 heavy (non-hydrogen) atoms. The molecule has 3 nitrogen and oxygen atoms in total. The standard InChI is InChI=1S/C17H18O3/c1-17(2,3)20-16(19)9-5-12-4-6-14-11-15(18)8-7-13(14)10-12/h4-11,18H,1-3H3/b9-5+. The Kier molecular flexibility index (Phi) is 3.79. The van der Waals surface area contributed by atoms with Crippen LogP contribution in [0.25, 0.3) is 16.8 Å². The van der Waals surface area contributed by atoms with E-state index in [1.807, 2.05) is 45.0 Å². The van der Waals surface area contributed by atoms with Crippen LogP contribution in [0.1, 0.15) is 26.3 Å². The van der Waals surface area contributed by atoms with Crippen LogP contribution in [0.5, 0.6) is 5.75 Å². The summed E-state index contributed by atoms with van der Waals surface area (Å²) in [6, 6.07) is 10.9. The van der Waals surface area contributed by atoms with E-state index in [9.17, 15) is 9.90 Å². The molecule has 0 heterocycles. The molecule has 2 rings (SSSR count). The number of fused-ring (bicyclic) bond motifs is 1. The van der Waals surface area contributed by atoms with E-state index in [1.54, 1.807) is 18.2 Å². The number of rotatable bonds is 2. The number of carbonyl (C=O) groups excluding carboxylic acids is 1. The first-order chi connectivity index (χ1) is 9.33. The lowest BCUT2D eigenvalue weighted by atomic mass is 10.1. The molecular weight excluding hydrogens is 252 g/mol. The fraction of sp³-hybridized carbons (Fsp3) is 0.235. The Balaban J connectivity index is 2.18. The summed E-state index contributed by atoms with van der Waals surface area (Å²) >= 11 is 0. The molecular formula is C17H18O3. The second-order valence-corrected chi connectivity index (χ2v) is 5.66. The monoisotopic (exact) mass is 270 g/mol. The highest BCUT2D eigenvalue weighted by atomic mass is 16.6. The number of esters is 1. The van der Waals surface area contributed by atoms with Crippen molar-refractivity contribution in [3.05, 3.63) is 48.0 Å². The molecule has 1 N–H and O–H groups in total. The van der Waals surface area contributed by atoms with Gasteiger partial charge in [-0.25, -0.2) is 4.79 Å². The Morgan fingerprint density at radius 1 is 1.10 bits per heavy atom. The normalized spacial score (nSPS) is 11.9. The number of hydrogen-bond acceptors (Lipinski definition) is 3. The maximum Gasteiger partial charge on any atom is 0.331 e. The quantitative estimate of drug-likeness (QED) is 0.665. The van der Waals surface area contributed by atoms with Crippen LogP contribution in [0.15, 0.2) is 42.5 Å². The molecule has 3 heteroatoms. The Hall–Kier alpha value is -2.29. The van der Waals surface area contributed by atoms with Crippen molar-refractivity contribution in [3.8, 4) is 5.75 Å². The first kappa shape index (κ1) is 14.1. The van der Waals surface area contributed by atoms with Gasteiger partial charge in [0.25, 0.3) is 0 Å². The van der Waals surface area contributed by atoms with Gasteiger partial charge in [-0.2, -0.15) is 0 Å². The van der Waals surface area contributed by atoms with Crippen molar-refractivity contribution in [2.24, 2.45) is 0 Å². The number of phenols is 1. The van der Waals surface area contributed by atoms with Crippen LogP contribution in [-0.4, -0.2) is 16.7 Å². The Morgan fingerprint density at radius 2 is 1.75 bits per heavy atom. The number of hydrogen-bond donors (Lipinski definition) is 1. The molecule has 2 aromatic rings. The second kappa shape index (κ2) is 5.37. The van der Waals surface area contributed by atoms with Crippen LogP contribution >= 0.6 is 0 Å². The maximum absolute atomic E-state index is 11.6. The third-order valence-corrected chi connectivity index (χ3v) is 2.67. The molecule has 0 aromatic heterocycles. The molecule has 0 atom stereocenters. The molecule has 0 saturated heterocycles. The molecule has 0 saturated carbocycles. The highest BCUT2D eigenvalue weighted by Crippen LogP contribution is 2.21. The molecule has 0 aliphatic heterocycles. The Morgan fingerprint density at radius 3 is 2.45 bits per heavy atom. The summed E-state index contributed by atoms with van der Waals surface area (Å²) in [6.07, 6.45) is 3.15. The summed E-state index contributed by atoms with van der Waals surface area (Å²) in [4.78, 5) is 11.6. The van der Waals surface area contributed by atoms with E-state index >= 15 is 0 Å². The number of ether oxygens (including phenoxy) is 1. The third-order valence-electron chi connectivity index (χ3n) is 2.67. The molecule has 0 amide bonds. The van der Waals surface area contributed by atoms with Crippen molar-refractivity contribution in [1.82, 2.24) is 0 Å². The molecule has 0 radical (unpaired) electrons. The minimum Gasteiger partial charge on any atom is -0.508 e. The molecule has 0 fully saturated rings. The summed E-state index contributed by atoms with van der Waals surface area (Å²) < 4.78 is 5.20. The lowest BCUT2D eigenvalue weighted by Crippen LogP contribution is -2.22. The average molecular weight is 270 g/mol. The van der Waals surface area contributed by atoms with Gasteiger partial charge in [0.1, 0.15) is 11.4 Å². The molecule has 0 spiro atoms. The molecule has 104 valence electrons. The summed E-state index contributed by atoms with van der Waals surface area (Å²) in [6.45, 7) is 5.50. The van der Waals surface area contributed by atoms with Gasteiger partial charge in [0.05, 0.1) is 0 Å². The number of aromatic hydroxyl groups is 1. The van der Waals surface area contributed by atoms with Crippen molar-refractivity contribution in [2.75, 3.05) is 0 Å². The third kappa shape index (κ3) is 3.85. The van der Waals surface area contributed by atoms with E-state index in [0.717, 1.165) is 16.3 Å². The van der Waals surface area contributed by atoms with E-state index in [1.165, 1.54) is 6.08 Å². The van der Waals surface area contributed by atoms with Crippen LogP contribution in [0.2, 0.25) is 0 Å². The summed E-state index contributed by atoms with van der Waals surface area (Å²) in [5.74, 6) is -0.113. The molecule has 0 aliphatic rings. The van der Waals surface area contributed by atoms with Crippen molar-refractivity contribution < 1.29 is 14.6 Å². The number of carbonyl (C=O) groups is 1. The highest BCUT2D eigenvalue weighted by molar-refractivity contribution is 5.90. The van der Waals surface area contributed by atoms with Gasteiger partial charge in [-0.05, 0) is 61.4 Å². The van der Waals surface area contributed by atoms with Crippen LogP contribution in [0.4, 0.5) is 0 Å². The van der Waals surface area contributed by atoms with Crippen molar-refractivity contribution in [3.63, 3.8) is 0 Å². The van der Waals surface area contributed by atoms with Gasteiger partial charge in [0.15, 0.2) is 0 Å². The van der Waals surface area contributed by atoms with Crippen LogP contribution in [0, 0.1) is 0 Å². The highest BCUT2D eigenvalue weighted by Gasteiger charge is 2.13. The second-order valence-electron chi connectivity index (χ2n) is 5.66. The molecule has 2 aromatic carbocycles. The Labute approximate surface area is 118 Å². The zero-order chi connectivity index (χ0) is 14.8. The van der Waals surface area contributed by atoms with Gasteiger partial charge in [-0.1, -0.05) is 18.2 Å². The van der Waals surface area contributed by atoms with Crippen molar-refractivity contribution >= 4 is 22.8 Å². The lowest BCUT2D eigenvalue weighted by Gasteiger charge is -2.17. The zero-order valence-corrected chi connectivity index (χ0v) is 11.9. The van der Waals surface area contributed by atoms with Gasteiger partial charge >= 0.3 is 5.97 Å². The van der Waals surface area contributed by atoms with Gasteiger partial charge in [-0.15, -0.1) is 0 Å².